The highest BCUT2D eigenvalue weighted by molar-refractivity contribution is 5.67. The third-order valence-electron chi connectivity index (χ3n) is 16.1. The lowest BCUT2D eigenvalue weighted by Gasteiger charge is -2.04. The molecular weight excluding hydrogens is 1080 g/mol. The molecule has 0 saturated heterocycles. The Labute approximate surface area is 534 Å². The predicted molar refractivity (Wildman–Crippen MR) is 369 cm³/mol. The van der Waals surface area contributed by atoms with Gasteiger partial charge in [-0.25, -0.2) is 0 Å². The molecule has 11 nitrogen and oxygen atoms in total. The van der Waals surface area contributed by atoms with Crippen LogP contribution in [0.4, 0.5) is 0 Å². The first-order valence-electron chi connectivity index (χ1n) is 37.1. The van der Waals surface area contributed by atoms with Gasteiger partial charge in [0.05, 0.1) is 13.2 Å². The van der Waals surface area contributed by atoms with Gasteiger partial charge in [-0.1, -0.05) is 364 Å². The average molecular weight is 1230 g/mol. The molecule has 11 heteroatoms. The fourth-order valence-corrected chi connectivity index (χ4v) is 10.4. The summed E-state index contributed by atoms with van der Waals surface area (Å²) >= 11 is 0. The van der Waals surface area contributed by atoms with Crippen LogP contribution >= 0.6 is 0 Å². The summed E-state index contributed by atoms with van der Waals surface area (Å²) in [4.78, 5) is 41.3. The molecule has 0 aromatic rings. The first kappa shape index (κ1) is 92.5. The van der Waals surface area contributed by atoms with Crippen LogP contribution in [0.2, 0.25) is 0 Å². The van der Waals surface area contributed by atoms with E-state index in [1.54, 1.807) is 0 Å². The van der Waals surface area contributed by atoms with Gasteiger partial charge in [-0.15, -0.1) is 0 Å². The third kappa shape index (κ3) is 110. The number of rotatable bonds is 62. The Morgan fingerprint density at radius 1 is 0.209 bits per heavy atom. The topological polar surface area (TPSA) is 210 Å². The van der Waals surface area contributed by atoms with E-state index in [4.69, 9.17) is 35.7 Å². The van der Waals surface area contributed by atoms with Gasteiger partial charge in [-0.05, 0) is 49.4 Å². The second-order valence-electron chi connectivity index (χ2n) is 27.3. The Hall–Kier alpha value is -2.24. The molecule has 0 aliphatic carbocycles. The minimum atomic E-state index is -0.954. The van der Waals surface area contributed by atoms with E-state index < -0.39 is 30.0 Å². The van der Waals surface area contributed by atoms with Crippen LogP contribution in [0.15, 0.2) is 0 Å². The van der Waals surface area contributed by atoms with Crippen molar-refractivity contribution in [2.45, 2.75) is 421 Å². The van der Waals surface area contributed by atoms with Crippen molar-refractivity contribution in [3.8, 4) is 0 Å². The van der Waals surface area contributed by atoms with Gasteiger partial charge < -0.3 is 35.7 Å². The number of carboxylic acids is 4. The first-order chi connectivity index (χ1) is 41.3. The van der Waals surface area contributed by atoms with Crippen molar-refractivity contribution in [3.63, 3.8) is 0 Å². The Morgan fingerprint density at radius 3 is 0.395 bits per heavy atom. The van der Waals surface area contributed by atoms with Gasteiger partial charge in [0, 0.05) is 25.7 Å². The Morgan fingerprint density at radius 2 is 0.314 bits per heavy atom. The maximum Gasteiger partial charge on any atom is 0.303 e. The molecule has 0 radical (unpaired) electrons. The molecule has 0 aliphatic rings. The van der Waals surface area contributed by atoms with E-state index in [0.29, 0.717) is 25.7 Å². The van der Waals surface area contributed by atoms with Gasteiger partial charge in [0.2, 0.25) is 0 Å². The molecule has 0 unspecified atom stereocenters. The number of aliphatic hydroxyl groups excluding tert-OH is 3. The van der Waals surface area contributed by atoms with Crippen molar-refractivity contribution in [2.75, 3.05) is 13.2 Å². The number of aliphatic hydroxyl groups is 3. The maximum atomic E-state index is 10.3. The minimum Gasteiger partial charge on any atom is -0.481 e. The van der Waals surface area contributed by atoms with Crippen molar-refractivity contribution >= 4 is 23.9 Å². The van der Waals surface area contributed by atoms with Gasteiger partial charge in [0.25, 0.3) is 0 Å². The molecule has 0 atom stereocenters. The van der Waals surface area contributed by atoms with Gasteiger partial charge in [0.15, 0.2) is 0 Å². The standard InChI is InChI=1S/4C18H36O2.C3H8O3/c4*1-17(2)15-13-11-9-7-5-3-4-6-8-10-12-14-16-18(19)20;4-1-3(6)2-5/h4*17H,3-16H2,1-2H3,(H,19,20);3-6H,1-2H2. The van der Waals surface area contributed by atoms with Crippen molar-refractivity contribution in [1.29, 1.82) is 0 Å². The lowest BCUT2D eigenvalue weighted by atomic mass is 10.0. The monoisotopic (exact) mass is 1230 g/mol. The molecule has 518 valence electrons. The Kier molecular flexibility index (Phi) is 86.9. The van der Waals surface area contributed by atoms with E-state index >= 15 is 0 Å². The molecular formula is C75H152O11. The normalized spacial score (nSPS) is 11.1. The SMILES string of the molecule is CC(C)CCCCCCCCCCCCCCC(=O)O.CC(C)CCCCCCCCCCCCCCC(=O)O.CC(C)CCCCCCCCCCCCCCC(=O)O.CC(C)CCCCCCCCCCCCCCC(=O)O.OCC(O)CO. The Balaban J connectivity index is -0.000000328. The van der Waals surface area contributed by atoms with E-state index in [0.717, 1.165) is 75.0 Å². The number of unbranched alkanes of at least 4 members (excludes halogenated alkanes) is 44. The van der Waals surface area contributed by atoms with E-state index in [-0.39, 0.29) is 13.2 Å². The van der Waals surface area contributed by atoms with Crippen LogP contribution in [0.3, 0.4) is 0 Å². The van der Waals surface area contributed by atoms with Crippen LogP contribution in [0.5, 0.6) is 0 Å². The van der Waals surface area contributed by atoms with Crippen molar-refractivity contribution < 1.29 is 54.9 Å². The summed E-state index contributed by atoms with van der Waals surface area (Å²) in [6, 6.07) is 0. The molecule has 0 bridgehead atoms. The van der Waals surface area contributed by atoms with Crippen molar-refractivity contribution in [2.24, 2.45) is 23.7 Å². The molecule has 0 amide bonds. The highest BCUT2D eigenvalue weighted by Crippen LogP contribution is 2.19. The van der Waals surface area contributed by atoms with Crippen molar-refractivity contribution in [1.82, 2.24) is 0 Å². The van der Waals surface area contributed by atoms with E-state index in [1.165, 1.54) is 283 Å². The lowest BCUT2D eigenvalue weighted by Crippen LogP contribution is -2.15. The molecule has 0 fully saturated rings. The second-order valence-corrected chi connectivity index (χ2v) is 27.3. The quantitative estimate of drug-likeness (QED) is 0.0285. The maximum absolute atomic E-state index is 10.3. The van der Waals surface area contributed by atoms with Gasteiger partial charge in [0.1, 0.15) is 6.10 Å². The summed E-state index contributed by atoms with van der Waals surface area (Å²) in [6.45, 7) is 17.7. The summed E-state index contributed by atoms with van der Waals surface area (Å²) in [5.41, 5.74) is 0. The highest BCUT2D eigenvalue weighted by Gasteiger charge is 2.03. The van der Waals surface area contributed by atoms with Crippen LogP contribution in [0.25, 0.3) is 0 Å². The lowest BCUT2D eigenvalue weighted by molar-refractivity contribution is -0.138. The zero-order chi connectivity index (χ0) is 65.2. The molecule has 0 aromatic heterocycles. The van der Waals surface area contributed by atoms with E-state index in [9.17, 15) is 19.2 Å². The van der Waals surface area contributed by atoms with Crippen LogP contribution in [-0.4, -0.2) is 78.9 Å². The third-order valence-corrected chi connectivity index (χ3v) is 16.1. The van der Waals surface area contributed by atoms with Gasteiger partial charge >= 0.3 is 23.9 Å². The van der Waals surface area contributed by atoms with Gasteiger partial charge in [-0.2, -0.15) is 0 Å². The molecule has 7 N–H and O–H groups in total. The van der Waals surface area contributed by atoms with E-state index in [1.807, 2.05) is 0 Å². The summed E-state index contributed by atoms with van der Waals surface area (Å²) in [5, 5.41) is 58.1. The van der Waals surface area contributed by atoms with Crippen LogP contribution in [0, 0.1) is 23.7 Å². The van der Waals surface area contributed by atoms with Crippen LogP contribution in [0.1, 0.15) is 415 Å². The Bertz CT molecular complexity index is 1120. The first-order valence-corrected chi connectivity index (χ1v) is 37.1. The smallest absolute Gasteiger partial charge is 0.303 e. The van der Waals surface area contributed by atoms with Crippen molar-refractivity contribution in [3.05, 3.63) is 0 Å². The summed E-state index contributed by atoms with van der Waals surface area (Å²) in [7, 11) is 0. The van der Waals surface area contributed by atoms with E-state index in [2.05, 4.69) is 55.4 Å². The number of hydrogen-bond acceptors (Lipinski definition) is 7. The molecule has 0 heterocycles. The highest BCUT2D eigenvalue weighted by atomic mass is 16.4. The molecule has 0 rings (SSSR count). The molecule has 0 spiro atoms. The van der Waals surface area contributed by atoms with Crippen LogP contribution in [-0.2, 0) is 19.2 Å². The number of aliphatic carboxylic acids is 4. The fraction of sp³-hybridized carbons (Fsp3) is 0.947. The number of carboxylic acid groups (broad SMARTS) is 4. The second kappa shape index (κ2) is 80.8. The molecule has 86 heavy (non-hydrogen) atoms. The zero-order valence-corrected chi connectivity index (χ0v) is 58.7. The average Bonchev–Trinajstić information content (AvgIpc) is 3.45. The molecule has 0 aliphatic heterocycles. The molecule has 0 saturated carbocycles. The van der Waals surface area contributed by atoms with Crippen LogP contribution < -0.4 is 0 Å². The molecule has 0 aromatic carbocycles. The van der Waals surface area contributed by atoms with Gasteiger partial charge in [-0.3, -0.25) is 19.2 Å². The number of hydrogen-bond donors (Lipinski definition) is 7. The minimum absolute atomic E-state index is 0.344. The summed E-state index contributed by atoms with van der Waals surface area (Å²) in [5.74, 6) is 0.848. The fourth-order valence-electron chi connectivity index (χ4n) is 10.4. The number of carbonyl (C=O) groups is 4. The summed E-state index contributed by atoms with van der Waals surface area (Å²) < 4.78 is 0. The largest absolute Gasteiger partial charge is 0.481 e. The zero-order valence-electron chi connectivity index (χ0n) is 58.7. The summed E-state index contributed by atoms with van der Waals surface area (Å²) in [6.07, 6.45) is 68.3. The predicted octanol–water partition coefficient (Wildman–Crippen LogP) is 23.1.